The fourth-order valence-electron chi connectivity index (χ4n) is 5.87. The average molecular weight is 589 g/mol. The molecule has 234 valence electrons. The number of Topliss-reactive ketones (excluding diaryl/α,β-unsaturated/α-hetero) is 2. The van der Waals surface area contributed by atoms with E-state index in [4.69, 9.17) is 4.74 Å². The van der Waals surface area contributed by atoms with Crippen molar-refractivity contribution in [2.45, 2.75) is 129 Å². The van der Waals surface area contributed by atoms with Gasteiger partial charge in [0.05, 0.1) is 6.04 Å². The predicted octanol–water partition coefficient (Wildman–Crippen LogP) is 2.95. The lowest BCUT2D eigenvalue weighted by Gasteiger charge is -2.32. The number of carbonyl (C=O) groups excluding carboxylic acids is 6. The van der Waals surface area contributed by atoms with Gasteiger partial charge >= 0.3 is 6.09 Å². The molecule has 1 aliphatic heterocycles. The van der Waals surface area contributed by atoms with Crippen LogP contribution < -0.4 is 16.0 Å². The van der Waals surface area contributed by atoms with Crippen LogP contribution in [-0.4, -0.2) is 76.6 Å². The lowest BCUT2D eigenvalue weighted by Crippen LogP contribution is -2.57. The van der Waals surface area contributed by atoms with Crippen molar-refractivity contribution in [3.8, 4) is 0 Å². The van der Waals surface area contributed by atoms with Gasteiger partial charge in [-0.05, 0) is 90.6 Å². The van der Waals surface area contributed by atoms with Crippen molar-refractivity contribution in [2.75, 3.05) is 6.54 Å². The molecule has 2 aliphatic carbocycles. The lowest BCUT2D eigenvalue weighted by molar-refractivity contribution is -0.143. The van der Waals surface area contributed by atoms with Crippen LogP contribution in [0.5, 0.6) is 0 Å². The smallest absolute Gasteiger partial charge is 0.408 e. The van der Waals surface area contributed by atoms with Gasteiger partial charge in [0.15, 0.2) is 5.78 Å². The van der Waals surface area contributed by atoms with Crippen molar-refractivity contribution in [3.63, 3.8) is 0 Å². The van der Waals surface area contributed by atoms with Crippen molar-refractivity contribution in [3.05, 3.63) is 11.6 Å². The van der Waals surface area contributed by atoms with E-state index in [0.717, 1.165) is 32.1 Å². The molecule has 1 unspecified atom stereocenters. The van der Waals surface area contributed by atoms with Crippen molar-refractivity contribution in [1.29, 1.82) is 0 Å². The van der Waals surface area contributed by atoms with E-state index >= 15 is 0 Å². The molecular weight excluding hydrogens is 540 g/mol. The monoisotopic (exact) mass is 588 g/mol. The zero-order chi connectivity index (χ0) is 31.2. The van der Waals surface area contributed by atoms with Gasteiger partial charge < -0.3 is 25.6 Å². The highest BCUT2D eigenvalue weighted by atomic mass is 16.6. The third kappa shape index (κ3) is 8.88. The largest absolute Gasteiger partial charge is 0.444 e. The molecule has 5 atom stereocenters. The van der Waals surface area contributed by atoms with E-state index in [1.54, 1.807) is 40.7 Å². The van der Waals surface area contributed by atoms with Gasteiger partial charge in [0.1, 0.15) is 17.7 Å². The molecule has 3 rings (SSSR count). The minimum absolute atomic E-state index is 0.0134. The lowest BCUT2D eigenvalue weighted by atomic mass is 9.92. The van der Waals surface area contributed by atoms with E-state index in [1.165, 1.54) is 4.90 Å². The molecule has 3 aliphatic rings. The highest BCUT2D eigenvalue weighted by Crippen LogP contribution is 2.42. The van der Waals surface area contributed by atoms with Crippen LogP contribution in [0.1, 0.15) is 99.3 Å². The number of nitrogens with zero attached hydrogens (tertiary/aromatic N) is 1. The van der Waals surface area contributed by atoms with Crippen LogP contribution in [0, 0.1) is 11.8 Å². The summed E-state index contributed by atoms with van der Waals surface area (Å²) in [6.07, 6.45) is 6.08. The van der Waals surface area contributed by atoms with Crippen LogP contribution in [0.4, 0.5) is 4.79 Å². The van der Waals surface area contributed by atoms with Crippen LogP contribution in [0.25, 0.3) is 0 Å². The first-order valence-corrected chi connectivity index (χ1v) is 15.4. The summed E-state index contributed by atoms with van der Waals surface area (Å²) < 4.78 is 5.39. The first-order valence-electron chi connectivity index (χ1n) is 15.4. The number of alkyl carbamates (subject to hydrolysis) is 1. The highest BCUT2D eigenvalue weighted by molar-refractivity contribution is 6.38. The first kappa shape index (κ1) is 33.3. The molecule has 11 heteroatoms. The summed E-state index contributed by atoms with van der Waals surface area (Å²) in [4.78, 5) is 80.1. The Hall–Kier alpha value is -3.24. The van der Waals surface area contributed by atoms with Crippen molar-refractivity contribution in [1.82, 2.24) is 20.9 Å². The van der Waals surface area contributed by atoms with E-state index in [-0.39, 0.29) is 36.5 Å². The van der Waals surface area contributed by atoms with E-state index in [0.29, 0.717) is 25.0 Å². The summed E-state index contributed by atoms with van der Waals surface area (Å²) in [5, 5.41) is 8.14. The molecule has 4 amide bonds. The summed E-state index contributed by atoms with van der Waals surface area (Å²) in [7, 11) is 0. The van der Waals surface area contributed by atoms with Crippen LogP contribution in [0.2, 0.25) is 0 Å². The number of fused-ring (bicyclic) bond motifs is 1. The SMILES string of the molecule is CC=C(C)C(=O)CC[C@H](NC(=O)OC(C)(C)C)C(=O)N1C[C@@H]2CCC[C@@H]2C1C(=O)N[C@@H](CCC)C(=O)C(=O)NC1CC1. The number of ether oxygens (including phenoxy) is 1. The summed E-state index contributed by atoms with van der Waals surface area (Å²) >= 11 is 0. The number of amides is 4. The fraction of sp³-hybridized carbons (Fsp3) is 0.742. The van der Waals surface area contributed by atoms with Gasteiger partial charge in [-0.2, -0.15) is 0 Å². The molecule has 1 heterocycles. The van der Waals surface area contributed by atoms with Crippen LogP contribution >= 0.6 is 0 Å². The Morgan fingerprint density at radius 3 is 2.26 bits per heavy atom. The zero-order valence-electron chi connectivity index (χ0n) is 25.9. The first-order chi connectivity index (χ1) is 19.7. The number of carbonyl (C=O) groups is 6. The topological polar surface area (TPSA) is 151 Å². The van der Waals surface area contributed by atoms with E-state index < -0.39 is 53.3 Å². The third-order valence-corrected chi connectivity index (χ3v) is 8.31. The third-order valence-electron chi connectivity index (χ3n) is 8.31. The molecular formula is C31H48N4O7. The number of rotatable bonds is 13. The molecule has 0 bridgehead atoms. The molecule has 0 aromatic rings. The Labute approximate surface area is 248 Å². The molecule has 3 fully saturated rings. The number of allylic oxidation sites excluding steroid dienone is 2. The van der Waals surface area contributed by atoms with Gasteiger partial charge in [-0.15, -0.1) is 0 Å². The molecule has 0 spiro atoms. The minimum Gasteiger partial charge on any atom is -0.444 e. The summed E-state index contributed by atoms with van der Waals surface area (Å²) in [5.74, 6) is -2.45. The van der Waals surface area contributed by atoms with E-state index in [1.807, 2.05) is 6.92 Å². The Bertz CT molecular complexity index is 1090. The normalized spacial score (nSPS) is 23.4. The second-order valence-corrected chi connectivity index (χ2v) is 12.9. The van der Waals surface area contributed by atoms with Crippen LogP contribution in [0.15, 0.2) is 11.6 Å². The molecule has 0 radical (unpaired) electrons. The van der Waals surface area contributed by atoms with Gasteiger partial charge in [-0.1, -0.05) is 25.8 Å². The van der Waals surface area contributed by atoms with Gasteiger partial charge in [0.2, 0.25) is 17.6 Å². The zero-order valence-corrected chi connectivity index (χ0v) is 25.9. The maximum absolute atomic E-state index is 14.0. The van der Waals surface area contributed by atoms with Gasteiger partial charge in [0, 0.05) is 19.0 Å². The quantitative estimate of drug-likeness (QED) is 0.221. The number of nitrogens with one attached hydrogen (secondary N) is 3. The second kappa shape index (κ2) is 14.3. The van der Waals surface area contributed by atoms with Crippen LogP contribution in [-0.2, 0) is 28.7 Å². The van der Waals surface area contributed by atoms with Gasteiger partial charge in [-0.25, -0.2) is 4.79 Å². The molecule has 0 aromatic heterocycles. The van der Waals surface area contributed by atoms with Crippen molar-refractivity contribution in [2.24, 2.45) is 11.8 Å². The van der Waals surface area contributed by atoms with E-state index in [2.05, 4.69) is 16.0 Å². The average Bonchev–Trinajstić information content (AvgIpc) is 3.48. The Morgan fingerprint density at radius 2 is 1.67 bits per heavy atom. The Kier molecular flexibility index (Phi) is 11.3. The standard InChI is InChI=1S/C31H48N4O7/c1-7-10-22(26(37)28(39)32-20-13-14-20)33-27(38)25-21-12-9-11-19(21)17-35(25)29(40)23(15-16-24(36)18(3)8-2)34-30(41)42-31(4,5)6/h8,19-23,25H,7,9-17H2,1-6H3,(H,32,39)(H,33,38)(H,34,41)/t19-,21-,22-,23-,25?/m0/s1. The van der Waals surface area contributed by atoms with Gasteiger partial charge in [-0.3, -0.25) is 24.0 Å². The molecule has 11 nitrogen and oxygen atoms in total. The maximum atomic E-state index is 14.0. The number of hydrogen-bond acceptors (Lipinski definition) is 7. The number of likely N-dealkylation sites (tertiary alicyclic amines) is 1. The maximum Gasteiger partial charge on any atom is 0.408 e. The molecule has 0 aromatic carbocycles. The number of ketones is 2. The van der Waals surface area contributed by atoms with Crippen molar-refractivity contribution < 1.29 is 33.5 Å². The summed E-state index contributed by atoms with van der Waals surface area (Å²) in [6.45, 7) is 10.8. The van der Waals surface area contributed by atoms with Crippen molar-refractivity contribution >= 4 is 35.4 Å². The fourth-order valence-corrected chi connectivity index (χ4v) is 5.87. The second-order valence-electron chi connectivity index (χ2n) is 12.9. The Morgan fingerprint density at radius 1 is 0.976 bits per heavy atom. The molecule has 1 saturated heterocycles. The van der Waals surface area contributed by atoms with Gasteiger partial charge in [0.25, 0.3) is 5.91 Å². The van der Waals surface area contributed by atoms with Crippen LogP contribution in [0.3, 0.4) is 0 Å². The molecule has 42 heavy (non-hydrogen) atoms. The summed E-state index contributed by atoms with van der Waals surface area (Å²) in [5.41, 5.74) is -0.238. The number of hydrogen-bond donors (Lipinski definition) is 3. The Balaban J connectivity index is 1.82. The summed E-state index contributed by atoms with van der Waals surface area (Å²) in [6, 6.07) is -2.91. The minimum atomic E-state index is -1.08. The predicted molar refractivity (Wildman–Crippen MR) is 156 cm³/mol. The molecule has 3 N–H and O–H groups in total. The molecule has 2 saturated carbocycles. The highest BCUT2D eigenvalue weighted by Gasteiger charge is 2.51. The van der Waals surface area contributed by atoms with E-state index in [9.17, 15) is 28.8 Å².